The molecule has 5 aromatic rings. The van der Waals surface area contributed by atoms with Crippen LogP contribution in [-0.2, 0) is 11.0 Å². The molecule has 0 atom stereocenters. The van der Waals surface area contributed by atoms with Gasteiger partial charge in [0.25, 0.3) is 0 Å². The second-order valence-corrected chi connectivity index (χ2v) is 12.3. The number of nitrogens with one attached hydrogen (secondary N) is 1. The summed E-state index contributed by atoms with van der Waals surface area (Å²) in [7, 11) is 3.51. The molecule has 0 radical (unpaired) electrons. The predicted octanol–water partition coefficient (Wildman–Crippen LogP) is 9.25. The molecular formula is C31H25NS3. The van der Waals surface area contributed by atoms with Crippen LogP contribution in [0.2, 0.25) is 0 Å². The highest BCUT2D eigenvalue weighted by atomic mass is 32.9. The zero-order valence-electron chi connectivity index (χ0n) is 19.6. The van der Waals surface area contributed by atoms with Crippen LogP contribution < -0.4 is 5.32 Å². The topological polar surface area (TPSA) is 12.0 Å². The number of rotatable bonds is 4. The summed E-state index contributed by atoms with van der Waals surface area (Å²) in [5.41, 5.74) is 7.93. The van der Waals surface area contributed by atoms with Gasteiger partial charge in [-0.05, 0) is 48.2 Å². The quantitative estimate of drug-likeness (QED) is 0.148. The fourth-order valence-electron chi connectivity index (χ4n) is 5.46. The maximum Gasteiger partial charge on any atom is 0.110 e. The molecule has 4 aromatic carbocycles. The van der Waals surface area contributed by atoms with Crippen molar-refractivity contribution in [1.29, 1.82) is 0 Å². The maximum atomic E-state index is 5.87. The largest absolute Gasteiger partial charge is 0.375 e. The highest BCUT2D eigenvalue weighted by Crippen LogP contribution is 2.52. The van der Waals surface area contributed by atoms with E-state index in [1.54, 1.807) is 20.7 Å². The second kappa shape index (κ2) is 8.56. The first-order valence-corrected chi connectivity index (χ1v) is 14.3. The van der Waals surface area contributed by atoms with E-state index in [-0.39, 0.29) is 5.54 Å². The minimum absolute atomic E-state index is 0.141. The van der Waals surface area contributed by atoms with Crippen molar-refractivity contribution in [2.24, 2.45) is 0 Å². The van der Waals surface area contributed by atoms with E-state index in [4.69, 9.17) is 12.2 Å². The normalized spacial score (nSPS) is 14.0. The Morgan fingerprint density at radius 1 is 0.657 bits per heavy atom. The molecule has 1 N–H and O–H groups in total. The molecule has 4 heteroatoms. The van der Waals surface area contributed by atoms with Crippen LogP contribution in [0.15, 0.2) is 109 Å². The summed E-state index contributed by atoms with van der Waals surface area (Å²) in [5, 5.41) is 3.77. The zero-order valence-corrected chi connectivity index (χ0v) is 22.1. The number of benzene rings is 4. The number of hydrogen-bond donors (Lipinski definition) is 1. The van der Waals surface area contributed by atoms with E-state index in [0.29, 0.717) is 0 Å². The minimum Gasteiger partial charge on any atom is -0.375 e. The number of anilines is 1. The standard InChI is InChI=1S/C31H25NS3/c1-30(2)28-27(29(33)35-34-28)25-20-24(18-19-26(25)32-30)31(21-12-6-3-7-13-21,22-14-8-4-9-15-22)23-16-10-5-11-17-23/h3-20,32H,1-2H3. The summed E-state index contributed by atoms with van der Waals surface area (Å²) in [6, 6.07) is 39.5. The van der Waals surface area contributed by atoms with Crippen molar-refractivity contribution in [2.75, 3.05) is 5.32 Å². The molecule has 6 rings (SSSR count). The third-order valence-corrected chi connectivity index (χ3v) is 10.3. The van der Waals surface area contributed by atoms with Gasteiger partial charge in [0.1, 0.15) is 3.82 Å². The zero-order chi connectivity index (χ0) is 24.0. The smallest absolute Gasteiger partial charge is 0.110 e. The molecule has 0 fully saturated rings. The highest BCUT2D eigenvalue weighted by Gasteiger charge is 2.40. The van der Waals surface area contributed by atoms with Crippen LogP contribution in [0, 0.1) is 3.82 Å². The summed E-state index contributed by atoms with van der Waals surface area (Å²) in [5.74, 6) is 0. The van der Waals surface area contributed by atoms with Crippen LogP contribution in [0.4, 0.5) is 5.69 Å². The van der Waals surface area contributed by atoms with Gasteiger partial charge in [-0.2, -0.15) is 0 Å². The lowest BCUT2D eigenvalue weighted by molar-refractivity contribution is 0.619. The van der Waals surface area contributed by atoms with Crippen molar-refractivity contribution in [2.45, 2.75) is 24.8 Å². The molecule has 35 heavy (non-hydrogen) atoms. The Hall–Kier alpha value is -3.05. The van der Waals surface area contributed by atoms with Gasteiger partial charge in [0, 0.05) is 16.8 Å². The lowest BCUT2D eigenvalue weighted by atomic mass is 9.64. The van der Waals surface area contributed by atoms with Gasteiger partial charge in [-0.3, -0.25) is 0 Å². The van der Waals surface area contributed by atoms with Gasteiger partial charge in [0.05, 0.1) is 15.8 Å². The van der Waals surface area contributed by atoms with Crippen LogP contribution in [0.25, 0.3) is 11.1 Å². The number of hydrogen-bond acceptors (Lipinski definition) is 4. The van der Waals surface area contributed by atoms with Crippen molar-refractivity contribution < 1.29 is 0 Å². The number of fused-ring (bicyclic) bond motifs is 3. The molecule has 2 heterocycles. The van der Waals surface area contributed by atoms with Gasteiger partial charge >= 0.3 is 0 Å². The van der Waals surface area contributed by atoms with Crippen LogP contribution >= 0.6 is 32.9 Å². The fraction of sp³-hybridized carbons (Fsp3) is 0.129. The second-order valence-electron chi connectivity index (χ2n) is 9.52. The van der Waals surface area contributed by atoms with Crippen molar-refractivity contribution >= 4 is 38.6 Å². The highest BCUT2D eigenvalue weighted by molar-refractivity contribution is 7.80. The Kier molecular flexibility index (Phi) is 5.48. The summed E-state index contributed by atoms with van der Waals surface area (Å²) in [4.78, 5) is 1.32. The van der Waals surface area contributed by atoms with Crippen LogP contribution in [0.1, 0.15) is 41.0 Å². The monoisotopic (exact) mass is 507 g/mol. The van der Waals surface area contributed by atoms with Crippen molar-refractivity contribution in [1.82, 2.24) is 0 Å². The third-order valence-electron chi connectivity index (χ3n) is 6.99. The molecule has 0 amide bonds. The van der Waals surface area contributed by atoms with Gasteiger partial charge in [-0.15, -0.1) is 0 Å². The van der Waals surface area contributed by atoms with Crippen molar-refractivity contribution in [3.8, 4) is 11.1 Å². The van der Waals surface area contributed by atoms with E-state index < -0.39 is 5.41 Å². The Bertz CT molecular complexity index is 1450. The summed E-state index contributed by atoms with van der Waals surface area (Å²) < 4.78 is 0.975. The van der Waals surface area contributed by atoms with E-state index in [1.165, 1.54) is 38.3 Å². The maximum absolute atomic E-state index is 5.87. The first-order valence-electron chi connectivity index (χ1n) is 11.7. The van der Waals surface area contributed by atoms with Gasteiger partial charge in [-0.1, -0.05) is 130 Å². The summed E-state index contributed by atoms with van der Waals surface area (Å²) in [6.45, 7) is 4.48. The molecule has 1 nitrogen and oxygen atoms in total. The summed E-state index contributed by atoms with van der Waals surface area (Å²) >= 11 is 5.87. The minimum atomic E-state index is -0.465. The molecule has 1 aromatic heterocycles. The van der Waals surface area contributed by atoms with E-state index in [1.807, 2.05) is 0 Å². The van der Waals surface area contributed by atoms with Crippen LogP contribution in [-0.4, -0.2) is 0 Å². The molecular weight excluding hydrogens is 483 g/mol. The van der Waals surface area contributed by atoms with E-state index in [2.05, 4.69) is 128 Å². The van der Waals surface area contributed by atoms with Crippen LogP contribution in [0.3, 0.4) is 0 Å². The predicted molar refractivity (Wildman–Crippen MR) is 153 cm³/mol. The lowest BCUT2D eigenvalue weighted by Crippen LogP contribution is -2.33. The van der Waals surface area contributed by atoms with E-state index >= 15 is 0 Å². The molecule has 0 spiro atoms. The Labute approximate surface area is 219 Å². The molecule has 0 saturated heterocycles. The molecule has 172 valence electrons. The molecule has 1 aliphatic rings. The Morgan fingerprint density at radius 2 is 1.17 bits per heavy atom. The Morgan fingerprint density at radius 3 is 1.69 bits per heavy atom. The first kappa shape index (κ1) is 22.4. The van der Waals surface area contributed by atoms with Gasteiger partial charge in [0.15, 0.2) is 0 Å². The Balaban J connectivity index is 1.71. The van der Waals surface area contributed by atoms with Gasteiger partial charge < -0.3 is 5.32 Å². The van der Waals surface area contributed by atoms with Crippen LogP contribution in [0.5, 0.6) is 0 Å². The lowest BCUT2D eigenvalue weighted by Gasteiger charge is -2.39. The first-order chi connectivity index (χ1) is 17.0. The molecule has 0 unspecified atom stereocenters. The fourth-order valence-corrected chi connectivity index (χ4v) is 8.71. The van der Waals surface area contributed by atoms with E-state index in [0.717, 1.165) is 9.51 Å². The van der Waals surface area contributed by atoms with Gasteiger partial charge in [0.2, 0.25) is 0 Å². The molecule has 1 aliphatic heterocycles. The molecule has 0 bridgehead atoms. The van der Waals surface area contributed by atoms with Crippen molar-refractivity contribution in [3.05, 3.63) is 140 Å². The average Bonchev–Trinajstić information content (AvgIpc) is 3.30. The van der Waals surface area contributed by atoms with Crippen molar-refractivity contribution in [3.63, 3.8) is 0 Å². The third kappa shape index (κ3) is 3.51. The summed E-state index contributed by atoms with van der Waals surface area (Å²) in [6.07, 6.45) is 0. The average molecular weight is 508 g/mol. The molecule has 0 saturated carbocycles. The molecule has 0 aliphatic carbocycles. The van der Waals surface area contributed by atoms with E-state index in [9.17, 15) is 0 Å². The SMILES string of the molecule is CC1(C)Nc2ccc(C(c3ccccc3)(c3ccccc3)c3ccccc3)cc2-c2c1ssc2=S. The van der Waals surface area contributed by atoms with Gasteiger partial charge in [-0.25, -0.2) is 0 Å².